The van der Waals surface area contributed by atoms with E-state index in [1.165, 1.54) is 6.92 Å². The first-order valence-corrected chi connectivity index (χ1v) is 40.3. The van der Waals surface area contributed by atoms with Gasteiger partial charge in [0.05, 0.1) is 44.2 Å². The number of carbonyl (C=O) groups excluding carboxylic acids is 12. The van der Waals surface area contributed by atoms with Gasteiger partial charge >= 0.3 is 11.9 Å². The number of aliphatic carboxylic acids is 1. The number of aromatic hydroxyl groups is 1. The molecule has 690 valence electrons. The van der Waals surface area contributed by atoms with Crippen LogP contribution in [0.15, 0.2) is 36.0 Å². The second kappa shape index (κ2) is 49.8. The van der Waals surface area contributed by atoms with Crippen LogP contribution in [0.3, 0.4) is 0 Å². The Morgan fingerprint density at radius 2 is 1.25 bits per heavy atom. The molecule has 0 aliphatic carbocycles. The summed E-state index contributed by atoms with van der Waals surface area (Å²) < 4.78 is 39.5. The highest BCUT2D eigenvalue weighted by Crippen LogP contribution is 2.31. The molecule has 0 bridgehead atoms. The second-order valence-corrected chi connectivity index (χ2v) is 30.9. The van der Waals surface area contributed by atoms with Gasteiger partial charge in [0.1, 0.15) is 127 Å². The van der Waals surface area contributed by atoms with Gasteiger partial charge in [-0.3, -0.25) is 52.7 Å². The maximum absolute atomic E-state index is 15.2. The van der Waals surface area contributed by atoms with E-state index >= 15 is 9.59 Å². The number of benzene rings is 1. The molecule has 122 heavy (non-hydrogen) atoms. The van der Waals surface area contributed by atoms with Crippen LogP contribution in [0.4, 0.5) is 0 Å². The molecule has 4 saturated heterocycles. The van der Waals surface area contributed by atoms with Gasteiger partial charge in [0.15, 0.2) is 31.1 Å². The lowest BCUT2D eigenvalue weighted by atomic mass is 9.98. The molecule has 4 heterocycles. The lowest BCUT2D eigenvalue weighted by molar-refractivity contribution is -0.349. The summed E-state index contributed by atoms with van der Waals surface area (Å²) in [7, 11) is 0.929. The Bertz CT molecular complexity index is 3690. The average Bonchev–Trinajstić information content (AvgIpc) is 0.798. The number of nitrogens with one attached hydrogen (secondary N) is 8. The summed E-state index contributed by atoms with van der Waals surface area (Å²) in [4.78, 5) is 184. The van der Waals surface area contributed by atoms with Crippen molar-refractivity contribution in [1.29, 1.82) is 0 Å². The zero-order valence-corrected chi connectivity index (χ0v) is 69.0. The van der Waals surface area contributed by atoms with Crippen molar-refractivity contribution >= 4 is 88.5 Å². The summed E-state index contributed by atoms with van der Waals surface area (Å²) >= 11 is 6.40. The van der Waals surface area contributed by atoms with E-state index in [4.69, 9.17) is 56.2 Å². The molecular formula is C75H118ClN11O35. The highest BCUT2D eigenvalue weighted by molar-refractivity contribution is 6.20. The Balaban J connectivity index is 1.62. The van der Waals surface area contributed by atoms with Crippen LogP contribution < -0.4 is 54.0 Å². The lowest BCUT2D eigenvalue weighted by Gasteiger charge is -2.44. The Morgan fingerprint density at radius 1 is 0.672 bits per heavy atom. The SMILES string of the molecule is C/C=C1\NC(=O)[C@@H]([C@H](O)c2ccc(O)cc2)NC(=O)[C@@H]([C@H](C)O)NC(=O)[C@@H](NC(=O)[C@H](NC(=O)[C@@H](O)[C@H](CCCCCCCCC[C@@H](Cl)CCC)O[C@@H]2OC[C@@H](O)[C@@H](O[C@H]3O[C@@H](C(=O)O)[C@@H](O)[C@@H](O)[C@@H]3O)[C@@H]2O)[C@H](C)O)[C@H](C)OC(=O)[C@@H](CCC(N)=O)NC(=O)[C@@H]([C@H](C)O[C@H]2O[C@@H](CO)[C@H](O)[C@@H](O)[C@H]2O)N(C)C(=O)CNC(=O)[C@H](CCC(N)=O)NC1=O. The summed E-state index contributed by atoms with van der Waals surface area (Å²) in [5, 5.41) is 181. The second-order valence-electron chi connectivity index (χ2n) is 30.3. The number of hydrogen-bond donors (Lipinski definition) is 25. The summed E-state index contributed by atoms with van der Waals surface area (Å²) in [5.41, 5.74) is 9.95. The standard InChI is InChI=1S/C75H118ClN11O35/c1-8-17-36(76)18-15-13-11-10-12-14-16-19-42(119-73-60(104)61(41(92)30-116-73)121-75-59(103)56(100)57(101)62(122-75)71(113)114)54(98)70(112)84-48(32(4)90)65(107)85-49-33(5)117-72(115)40(25-27-45(78)94)82-69(111)51(34(6)118-74-58(102)55(99)53(97)43(29-88)120-74)87(7)46(95)28-79-63(105)39(24-26-44(77)93)81-64(106)38(9-2)80-68(110)50(52(96)35-20-22-37(91)23-21-35)86-66(108)47(31(3)89)83-67(49)109/h9,20-23,31-34,36,39-43,47-62,73-75,88-92,96-104H,8,10-19,24-30H2,1-7H3,(H2,77,93)(H2,78,94)(H,79,105)(H,80,110)(H,81,106)(H,82,111)(H,83,109)(H,84,112)(H,85,107)(H,86,108)(H,113,114)/b38-9-/t31-,32-,33-,34-,36-,39-,40+,41+,42-,43-,47+,48+,49-,50+,51+,52+,53-,54-,55+,56+,57-,58+,59-,60-,61+,62+,73-,74-,75-/m0/s1. The highest BCUT2D eigenvalue weighted by Gasteiger charge is 2.53. The molecule has 0 spiro atoms. The number of rotatable bonds is 36. The molecule has 0 saturated carbocycles. The van der Waals surface area contributed by atoms with Crippen LogP contribution in [-0.4, -0.2) is 356 Å². The fraction of sp³-hybridized carbons (Fsp3) is 0.720. The molecule has 4 aliphatic heterocycles. The minimum absolute atomic E-state index is 0.0238. The molecule has 0 aromatic heterocycles. The number of primary amides is 2. The third kappa shape index (κ3) is 30.1. The van der Waals surface area contributed by atoms with Crippen molar-refractivity contribution < 1.29 is 172 Å². The molecule has 11 amide bonds. The third-order valence-electron chi connectivity index (χ3n) is 20.7. The van der Waals surface area contributed by atoms with Crippen LogP contribution in [0.2, 0.25) is 0 Å². The number of nitrogens with zero attached hydrogens (tertiary/aromatic N) is 1. The third-order valence-corrected chi connectivity index (χ3v) is 21.1. The number of likely N-dealkylation sites (N-methyl/N-ethyl adjacent to an activating group) is 1. The monoisotopic (exact) mass is 1770 g/mol. The number of carbonyl (C=O) groups is 13. The molecule has 1 aromatic rings. The molecule has 46 nitrogen and oxygen atoms in total. The van der Waals surface area contributed by atoms with E-state index in [2.05, 4.69) is 42.5 Å². The van der Waals surface area contributed by atoms with Crippen LogP contribution in [0, 0.1) is 0 Å². The molecule has 5 rings (SSSR count). The highest BCUT2D eigenvalue weighted by atomic mass is 35.5. The van der Waals surface area contributed by atoms with Crippen LogP contribution >= 0.6 is 11.6 Å². The first kappa shape index (κ1) is 104. The number of allylic oxidation sites excluding steroid dienone is 1. The van der Waals surface area contributed by atoms with Crippen molar-refractivity contribution in [2.45, 2.75) is 314 Å². The molecule has 47 heteroatoms. The summed E-state index contributed by atoms with van der Waals surface area (Å²) in [6.07, 6.45) is -38.8. The predicted molar refractivity (Wildman–Crippen MR) is 414 cm³/mol. The zero-order valence-electron chi connectivity index (χ0n) is 68.2. The van der Waals surface area contributed by atoms with Crippen LogP contribution in [0.5, 0.6) is 5.75 Å². The fourth-order valence-electron chi connectivity index (χ4n) is 13.5. The Hall–Kier alpha value is -8.60. The number of halogens is 1. The van der Waals surface area contributed by atoms with E-state index < -0.39 is 299 Å². The van der Waals surface area contributed by atoms with Crippen LogP contribution in [-0.2, 0) is 95.5 Å². The van der Waals surface area contributed by atoms with E-state index in [9.17, 15) is 129 Å². The normalized spacial score (nSPS) is 31.5. The number of aliphatic hydroxyl groups excluding tert-OH is 13. The molecular weight excluding hydrogens is 1650 g/mol. The molecule has 0 unspecified atom stereocenters. The van der Waals surface area contributed by atoms with Gasteiger partial charge in [-0.2, -0.15) is 0 Å². The smallest absolute Gasteiger partial charge is 0.335 e. The van der Waals surface area contributed by atoms with Gasteiger partial charge in [0.25, 0.3) is 11.8 Å². The number of phenols is 1. The van der Waals surface area contributed by atoms with E-state index in [1.807, 2.05) is 6.92 Å². The molecule has 4 aliphatic rings. The Labute approximate surface area is 705 Å². The van der Waals surface area contributed by atoms with Crippen molar-refractivity contribution in [2.24, 2.45) is 11.5 Å². The van der Waals surface area contributed by atoms with Gasteiger partial charge in [-0.15, -0.1) is 11.6 Å². The Kier molecular flexibility index (Phi) is 42.4. The number of nitrogens with two attached hydrogens (primary N) is 2. The van der Waals surface area contributed by atoms with E-state index in [1.54, 1.807) is 0 Å². The number of amides is 11. The van der Waals surface area contributed by atoms with Gasteiger partial charge in [0, 0.05) is 25.3 Å². The number of esters is 1. The number of hydrogen-bond acceptors (Lipinski definition) is 34. The number of carboxylic acids is 1. The van der Waals surface area contributed by atoms with Gasteiger partial charge in [-0.1, -0.05) is 76.5 Å². The zero-order chi connectivity index (χ0) is 91.4. The summed E-state index contributed by atoms with van der Waals surface area (Å²) in [6.45, 7) is 4.07. The van der Waals surface area contributed by atoms with Crippen LogP contribution in [0.1, 0.15) is 150 Å². The maximum atomic E-state index is 15.2. The van der Waals surface area contributed by atoms with Crippen molar-refractivity contribution in [3.63, 3.8) is 0 Å². The van der Waals surface area contributed by atoms with Gasteiger partial charge < -0.3 is 169 Å². The minimum Gasteiger partial charge on any atom is -0.508 e. The molecule has 4 fully saturated rings. The number of alkyl halides is 1. The summed E-state index contributed by atoms with van der Waals surface area (Å²) in [5.74, 6) is -19.1. The predicted octanol–water partition coefficient (Wildman–Crippen LogP) is -9.24. The van der Waals surface area contributed by atoms with Crippen molar-refractivity contribution in [1.82, 2.24) is 47.4 Å². The molecule has 29 atom stereocenters. The first-order chi connectivity index (χ1) is 57.4. The van der Waals surface area contributed by atoms with Crippen molar-refractivity contribution in [3.8, 4) is 5.75 Å². The van der Waals surface area contributed by atoms with Gasteiger partial charge in [-0.25, -0.2) is 9.59 Å². The number of phenolic OH excluding ortho intramolecular Hbond substituents is 1. The van der Waals surface area contributed by atoms with Gasteiger partial charge in [0.2, 0.25) is 53.2 Å². The number of carboxylic acid groups (broad SMARTS) is 1. The number of unbranched alkanes of at least 4 members (excludes halogenated alkanes) is 6. The largest absolute Gasteiger partial charge is 0.508 e. The Morgan fingerprint density at radius 3 is 1.83 bits per heavy atom. The van der Waals surface area contributed by atoms with Crippen LogP contribution in [0.25, 0.3) is 0 Å². The quantitative estimate of drug-likeness (QED) is 0.0128. The number of cyclic esters (lactones) is 1. The minimum atomic E-state index is -2.51. The average molecular weight is 1770 g/mol. The van der Waals surface area contributed by atoms with Crippen molar-refractivity contribution in [3.05, 3.63) is 41.6 Å². The van der Waals surface area contributed by atoms with Gasteiger partial charge in [-0.05, 0) is 84.4 Å². The van der Waals surface area contributed by atoms with E-state index in [-0.39, 0.29) is 29.5 Å². The number of aliphatic hydroxyl groups is 13. The maximum Gasteiger partial charge on any atom is 0.335 e. The number of ether oxygens (including phenoxy) is 7. The topological polar surface area (TPSA) is 741 Å². The van der Waals surface area contributed by atoms with E-state index in [0.717, 1.165) is 110 Å². The fourth-order valence-corrected chi connectivity index (χ4v) is 13.9. The molecule has 27 N–H and O–H groups in total. The molecule has 1 aromatic carbocycles. The molecule has 0 radical (unpaired) electrons. The summed E-state index contributed by atoms with van der Waals surface area (Å²) in [6, 6.07) is -11.5. The van der Waals surface area contributed by atoms with E-state index in [0.29, 0.717) is 17.7 Å². The van der Waals surface area contributed by atoms with Crippen molar-refractivity contribution in [2.75, 3.05) is 26.8 Å². The lowest BCUT2D eigenvalue weighted by Crippen LogP contribution is -2.65. The first-order valence-electron chi connectivity index (χ1n) is 39.8.